The number of hydrogen-bond acceptors (Lipinski definition) is 6. The third-order valence-electron chi connectivity index (χ3n) is 2.86. The number of nitrogens with one attached hydrogen (secondary N) is 1. The molecule has 1 aromatic carbocycles. The van der Waals surface area contributed by atoms with E-state index in [4.69, 9.17) is 15.2 Å². The molecule has 2 rings (SSSR count). The van der Waals surface area contributed by atoms with Crippen molar-refractivity contribution < 1.29 is 19.9 Å². The quantitative estimate of drug-likeness (QED) is 0.298. The molecule has 0 radical (unpaired) electrons. The molecule has 2 aromatic rings. The second-order valence-corrected chi connectivity index (χ2v) is 4.02. The highest BCUT2D eigenvalue weighted by Crippen LogP contribution is 2.29. The number of aromatic nitrogens is 1. The number of carbonyl (C=O) groups excluding carboxylic acids is 1. The van der Waals surface area contributed by atoms with Crippen molar-refractivity contribution in [2.24, 2.45) is 11.1 Å². The molecule has 1 aromatic heterocycles. The summed E-state index contributed by atoms with van der Waals surface area (Å²) in [5.74, 6) is 3.07. The van der Waals surface area contributed by atoms with Crippen LogP contribution in [0.15, 0.2) is 35.5 Å². The van der Waals surface area contributed by atoms with Gasteiger partial charge in [-0.3, -0.25) is 0 Å². The standard InChI is InChI=1S/C14H14N2O3.H3NO/c1-9-12(14(17)19-2)13(11(16-9)8-15-18)10-6-4-3-5-7-10;1-2/h3-8,16,18H,1-2H3;2H,1H2/b15-8+;. The van der Waals surface area contributed by atoms with Crippen LogP contribution < -0.4 is 5.90 Å². The first kappa shape index (κ1) is 16.4. The van der Waals surface area contributed by atoms with Crippen molar-refractivity contribution in [1.29, 1.82) is 0 Å². The van der Waals surface area contributed by atoms with E-state index in [9.17, 15) is 4.79 Å². The maximum absolute atomic E-state index is 11.9. The van der Waals surface area contributed by atoms with Gasteiger partial charge < -0.3 is 20.1 Å². The number of esters is 1. The van der Waals surface area contributed by atoms with Gasteiger partial charge in [0.2, 0.25) is 0 Å². The van der Waals surface area contributed by atoms with Gasteiger partial charge in [-0.2, -0.15) is 0 Å². The second-order valence-electron chi connectivity index (χ2n) is 4.02. The normalized spacial score (nSPS) is 10.1. The first-order valence-corrected chi connectivity index (χ1v) is 5.98. The zero-order chi connectivity index (χ0) is 15.8. The number of H-pyrrole nitrogens is 1. The van der Waals surface area contributed by atoms with E-state index in [1.54, 1.807) is 6.92 Å². The predicted molar refractivity (Wildman–Crippen MR) is 77.7 cm³/mol. The van der Waals surface area contributed by atoms with Gasteiger partial charge in [-0.25, -0.2) is 10.7 Å². The number of aromatic amines is 1. The fourth-order valence-electron chi connectivity index (χ4n) is 2.07. The Hall–Kier alpha value is -2.64. The van der Waals surface area contributed by atoms with E-state index >= 15 is 0 Å². The Balaban J connectivity index is 0.00000106. The highest BCUT2D eigenvalue weighted by molar-refractivity contribution is 6.04. The van der Waals surface area contributed by atoms with Crippen LogP contribution in [0.3, 0.4) is 0 Å². The Labute approximate surface area is 121 Å². The molecule has 0 atom stereocenters. The van der Waals surface area contributed by atoms with Crippen LogP contribution in [-0.2, 0) is 4.74 Å². The van der Waals surface area contributed by atoms with Crippen LogP contribution in [0.4, 0.5) is 0 Å². The average Bonchev–Trinajstić information content (AvgIpc) is 2.86. The number of oxime groups is 1. The van der Waals surface area contributed by atoms with Crippen LogP contribution in [0.1, 0.15) is 21.7 Å². The fourth-order valence-corrected chi connectivity index (χ4v) is 2.07. The van der Waals surface area contributed by atoms with Crippen LogP contribution in [-0.4, -0.2) is 34.7 Å². The molecular formula is C14H17N3O4. The Morgan fingerprint density at radius 3 is 2.48 bits per heavy atom. The summed E-state index contributed by atoms with van der Waals surface area (Å²) >= 11 is 0. The highest BCUT2D eigenvalue weighted by Gasteiger charge is 2.22. The maximum Gasteiger partial charge on any atom is 0.340 e. The first-order chi connectivity index (χ1) is 10.2. The number of rotatable bonds is 3. The van der Waals surface area contributed by atoms with E-state index in [1.165, 1.54) is 13.3 Å². The molecule has 0 aliphatic carbocycles. The SMILES string of the molecule is COC(=O)c1c(C)[nH]c(/C=N/O)c1-c1ccccc1.NO. The molecule has 7 heteroatoms. The van der Waals surface area contributed by atoms with Gasteiger partial charge in [0.25, 0.3) is 0 Å². The number of nitrogens with zero attached hydrogens (tertiary/aromatic N) is 1. The summed E-state index contributed by atoms with van der Waals surface area (Å²) in [6.45, 7) is 1.77. The first-order valence-electron chi connectivity index (χ1n) is 5.98. The molecule has 0 aliphatic rings. The number of hydrogen-bond donors (Lipinski definition) is 4. The zero-order valence-electron chi connectivity index (χ0n) is 11.7. The molecule has 7 nitrogen and oxygen atoms in total. The van der Waals surface area contributed by atoms with Crippen molar-refractivity contribution in [2.75, 3.05) is 7.11 Å². The Morgan fingerprint density at radius 1 is 1.33 bits per heavy atom. The molecule has 0 unspecified atom stereocenters. The minimum absolute atomic E-state index is 0.426. The number of carbonyl (C=O) groups is 1. The smallest absolute Gasteiger partial charge is 0.340 e. The third kappa shape index (κ3) is 3.47. The molecule has 0 amide bonds. The van der Waals surface area contributed by atoms with Crippen LogP contribution in [0.5, 0.6) is 0 Å². The van der Waals surface area contributed by atoms with Gasteiger partial charge in [-0.1, -0.05) is 35.5 Å². The van der Waals surface area contributed by atoms with Crippen LogP contribution in [0.2, 0.25) is 0 Å². The average molecular weight is 291 g/mol. The van der Waals surface area contributed by atoms with Gasteiger partial charge in [0.15, 0.2) is 0 Å². The van der Waals surface area contributed by atoms with Crippen molar-refractivity contribution >= 4 is 12.2 Å². The van der Waals surface area contributed by atoms with Gasteiger partial charge >= 0.3 is 5.97 Å². The Bertz CT molecular complexity index is 621. The van der Waals surface area contributed by atoms with Gasteiger partial charge in [0, 0.05) is 11.3 Å². The minimum atomic E-state index is -0.426. The van der Waals surface area contributed by atoms with Gasteiger partial charge in [0.05, 0.1) is 24.6 Å². The lowest BCUT2D eigenvalue weighted by Gasteiger charge is -2.04. The lowest BCUT2D eigenvalue weighted by molar-refractivity contribution is 0.0601. The predicted octanol–water partition coefficient (Wildman–Crippen LogP) is 1.92. The van der Waals surface area contributed by atoms with Gasteiger partial charge in [0.1, 0.15) is 0 Å². The van der Waals surface area contributed by atoms with Crippen molar-refractivity contribution in [2.45, 2.75) is 6.92 Å². The lowest BCUT2D eigenvalue weighted by atomic mass is 10.0. The molecule has 0 aliphatic heterocycles. The molecule has 0 bridgehead atoms. The number of aryl methyl sites for hydroxylation is 1. The largest absolute Gasteiger partial charge is 0.465 e. The third-order valence-corrected chi connectivity index (χ3v) is 2.86. The summed E-state index contributed by atoms with van der Waals surface area (Å²) in [6, 6.07) is 9.39. The van der Waals surface area contributed by atoms with Gasteiger partial charge in [-0.15, -0.1) is 0 Å². The van der Waals surface area contributed by atoms with Crippen LogP contribution in [0.25, 0.3) is 11.1 Å². The Morgan fingerprint density at radius 2 is 1.95 bits per heavy atom. The van der Waals surface area contributed by atoms with E-state index in [0.29, 0.717) is 22.5 Å². The van der Waals surface area contributed by atoms with Crippen LogP contribution >= 0.6 is 0 Å². The molecule has 0 fully saturated rings. The van der Waals surface area contributed by atoms with Crippen molar-refractivity contribution in [1.82, 2.24) is 4.98 Å². The van der Waals surface area contributed by atoms with E-state index < -0.39 is 5.97 Å². The van der Waals surface area contributed by atoms with Crippen molar-refractivity contribution in [3.63, 3.8) is 0 Å². The van der Waals surface area contributed by atoms with E-state index in [2.05, 4.69) is 16.0 Å². The number of methoxy groups -OCH3 is 1. The molecule has 5 N–H and O–H groups in total. The topological polar surface area (TPSA) is 121 Å². The summed E-state index contributed by atoms with van der Waals surface area (Å²) < 4.78 is 4.80. The number of nitrogens with two attached hydrogens (primary N) is 1. The molecule has 112 valence electrons. The maximum atomic E-state index is 11.9. The monoisotopic (exact) mass is 291 g/mol. The minimum Gasteiger partial charge on any atom is -0.465 e. The van der Waals surface area contributed by atoms with E-state index in [-0.39, 0.29) is 0 Å². The summed E-state index contributed by atoms with van der Waals surface area (Å²) in [5, 5.41) is 18.2. The molecule has 0 saturated carbocycles. The summed E-state index contributed by atoms with van der Waals surface area (Å²) in [7, 11) is 1.34. The number of benzene rings is 1. The lowest BCUT2D eigenvalue weighted by Crippen LogP contribution is -2.03. The van der Waals surface area contributed by atoms with Crippen molar-refractivity contribution in [3.8, 4) is 11.1 Å². The molecular weight excluding hydrogens is 274 g/mol. The number of ether oxygens (including phenoxy) is 1. The Kier molecular flexibility index (Phi) is 6.12. The highest BCUT2D eigenvalue weighted by atomic mass is 16.5. The summed E-state index contributed by atoms with van der Waals surface area (Å²) in [5.41, 5.74) is 3.20. The van der Waals surface area contributed by atoms with E-state index in [0.717, 1.165) is 5.56 Å². The van der Waals surface area contributed by atoms with Crippen molar-refractivity contribution in [3.05, 3.63) is 47.3 Å². The fraction of sp³-hybridized carbons (Fsp3) is 0.143. The molecule has 0 saturated heterocycles. The summed E-state index contributed by atoms with van der Waals surface area (Å²) in [6.07, 6.45) is 1.27. The zero-order valence-corrected chi connectivity index (χ0v) is 11.7. The molecule has 0 spiro atoms. The molecule has 21 heavy (non-hydrogen) atoms. The van der Waals surface area contributed by atoms with Crippen LogP contribution in [0, 0.1) is 6.92 Å². The molecule has 1 heterocycles. The summed E-state index contributed by atoms with van der Waals surface area (Å²) in [4.78, 5) is 14.9. The second kappa shape index (κ2) is 7.83. The van der Waals surface area contributed by atoms with Gasteiger partial charge in [-0.05, 0) is 12.5 Å². The van der Waals surface area contributed by atoms with E-state index in [1.807, 2.05) is 30.3 Å².